The molecule has 0 atom stereocenters. The van der Waals surface area contributed by atoms with Crippen LogP contribution in [0.5, 0.6) is 0 Å². The van der Waals surface area contributed by atoms with Crippen LogP contribution in [0.3, 0.4) is 0 Å². The highest BCUT2D eigenvalue weighted by molar-refractivity contribution is 7.78. The Bertz CT molecular complexity index is 207. The minimum atomic E-state index is -0.758. The van der Waals surface area contributed by atoms with Gasteiger partial charge in [0.15, 0.2) is 0 Å². The predicted octanol–water partition coefficient (Wildman–Crippen LogP) is 4.93. The Labute approximate surface area is 90.8 Å². The van der Waals surface area contributed by atoms with Gasteiger partial charge in [0.1, 0.15) is 0 Å². The molecule has 0 aliphatic carbocycles. The third kappa shape index (κ3) is 4.42. The lowest BCUT2D eigenvalue weighted by Crippen LogP contribution is -1.99. The highest BCUT2D eigenvalue weighted by atomic mass is 31.2. The summed E-state index contributed by atoms with van der Waals surface area (Å²) >= 11 is 0. The SMILES string of the molecule is CC[P+](C=C(C)C=C(C)C)(CC)CC. The highest BCUT2D eigenvalue weighted by Gasteiger charge is 2.28. The molecule has 0 aromatic carbocycles. The molecule has 82 valence electrons. The summed E-state index contributed by atoms with van der Waals surface area (Å²) in [4.78, 5) is 0. The minimum absolute atomic E-state index is 0.758. The van der Waals surface area contributed by atoms with Crippen molar-refractivity contribution in [3.05, 3.63) is 23.0 Å². The first-order valence-corrected chi connectivity index (χ1v) is 8.11. The van der Waals surface area contributed by atoms with E-state index in [1.807, 2.05) is 0 Å². The van der Waals surface area contributed by atoms with Crippen LogP contribution in [-0.4, -0.2) is 18.5 Å². The molecule has 0 heterocycles. The molecule has 0 N–H and O–H groups in total. The Morgan fingerprint density at radius 1 is 0.929 bits per heavy atom. The third-order valence-corrected chi connectivity index (χ3v) is 7.62. The molecule has 0 bridgehead atoms. The summed E-state index contributed by atoms with van der Waals surface area (Å²) in [5.41, 5.74) is 2.86. The normalized spacial score (nSPS) is 12.9. The van der Waals surface area contributed by atoms with Gasteiger partial charge in [-0.3, -0.25) is 0 Å². The molecule has 0 aliphatic heterocycles. The molecular formula is C13H26P+. The second kappa shape index (κ2) is 6.40. The molecule has 0 saturated heterocycles. The predicted molar refractivity (Wildman–Crippen MR) is 71.7 cm³/mol. The molecule has 0 fully saturated rings. The zero-order chi connectivity index (χ0) is 11.2. The van der Waals surface area contributed by atoms with Crippen molar-refractivity contribution in [3.63, 3.8) is 0 Å². The molecule has 14 heavy (non-hydrogen) atoms. The summed E-state index contributed by atoms with van der Waals surface area (Å²) in [6, 6.07) is 0. The van der Waals surface area contributed by atoms with Crippen LogP contribution in [0.4, 0.5) is 0 Å². The molecule has 0 saturated carbocycles. The Morgan fingerprint density at radius 2 is 1.36 bits per heavy atom. The van der Waals surface area contributed by atoms with E-state index in [-0.39, 0.29) is 0 Å². The van der Waals surface area contributed by atoms with E-state index in [2.05, 4.69) is 53.4 Å². The van der Waals surface area contributed by atoms with E-state index in [0.29, 0.717) is 0 Å². The van der Waals surface area contributed by atoms with Gasteiger partial charge in [0, 0.05) is 7.26 Å². The van der Waals surface area contributed by atoms with Gasteiger partial charge in [-0.1, -0.05) is 11.6 Å². The van der Waals surface area contributed by atoms with E-state index in [4.69, 9.17) is 0 Å². The van der Waals surface area contributed by atoms with Crippen molar-refractivity contribution in [2.24, 2.45) is 0 Å². The lowest BCUT2D eigenvalue weighted by molar-refractivity contribution is 1.31. The first-order valence-electron chi connectivity index (χ1n) is 5.69. The molecule has 0 rings (SSSR count). The van der Waals surface area contributed by atoms with Crippen molar-refractivity contribution in [2.75, 3.05) is 18.5 Å². The standard InChI is InChI=1S/C13H26P/c1-7-14(8-2,9-3)11-13(6)10-12(4)5/h10-11H,7-9H2,1-6H3/q+1. The average Bonchev–Trinajstić information content (AvgIpc) is 2.13. The van der Waals surface area contributed by atoms with Crippen LogP contribution in [0.1, 0.15) is 41.5 Å². The van der Waals surface area contributed by atoms with Gasteiger partial charge in [-0.2, -0.15) is 0 Å². The molecule has 0 amide bonds. The molecule has 0 spiro atoms. The Balaban J connectivity index is 4.80. The van der Waals surface area contributed by atoms with E-state index < -0.39 is 7.26 Å². The van der Waals surface area contributed by atoms with Crippen LogP contribution in [0.15, 0.2) is 23.0 Å². The van der Waals surface area contributed by atoms with E-state index in [1.165, 1.54) is 29.6 Å². The van der Waals surface area contributed by atoms with Gasteiger partial charge in [0.05, 0.1) is 24.3 Å². The monoisotopic (exact) mass is 213 g/mol. The highest BCUT2D eigenvalue weighted by Crippen LogP contribution is 2.60. The fraction of sp³-hybridized carbons (Fsp3) is 0.692. The maximum absolute atomic E-state index is 2.57. The molecule has 0 aromatic rings. The van der Waals surface area contributed by atoms with Crippen molar-refractivity contribution >= 4 is 7.26 Å². The van der Waals surface area contributed by atoms with Gasteiger partial charge in [-0.25, -0.2) is 0 Å². The molecular weight excluding hydrogens is 187 g/mol. The largest absolute Gasteiger partial charge is 0.0761 e. The topological polar surface area (TPSA) is 0 Å². The van der Waals surface area contributed by atoms with Crippen molar-refractivity contribution in [3.8, 4) is 0 Å². The van der Waals surface area contributed by atoms with Crippen LogP contribution < -0.4 is 0 Å². The van der Waals surface area contributed by atoms with Gasteiger partial charge in [-0.15, -0.1) is 0 Å². The van der Waals surface area contributed by atoms with E-state index >= 15 is 0 Å². The van der Waals surface area contributed by atoms with Crippen LogP contribution >= 0.6 is 7.26 Å². The van der Waals surface area contributed by atoms with Gasteiger partial charge in [0.2, 0.25) is 0 Å². The number of hydrogen-bond donors (Lipinski definition) is 0. The zero-order valence-electron chi connectivity index (χ0n) is 10.7. The van der Waals surface area contributed by atoms with Crippen molar-refractivity contribution in [2.45, 2.75) is 41.5 Å². The van der Waals surface area contributed by atoms with Crippen molar-refractivity contribution in [1.29, 1.82) is 0 Å². The van der Waals surface area contributed by atoms with E-state index in [1.54, 1.807) is 0 Å². The maximum Gasteiger partial charge on any atom is 0.0616 e. The summed E-state index contributed by atoms with van der Waals surface area (Å²) in [5, 5.41) is 0. The van der Waals surface area contributed by atoms with E-state index in [9.17, 15) is 0 Å². The van der Waals surface area contributed by atoms with Crippen LogP contribution in [0, 0.1) is 0 Å². The Hall–Kier alpha value is -0.0900. The lowest BCUT2D eigenvalue weighted by Gasteiger charge is -2.19. The van der Waals surface area contributed by atoms with Gasteiger partial charge >= 0.3 is 0 Å². The molecule has 1 heteroatoms. The molecule has 0 aliphatic rings. The summed E-state index contributed by atoms with van der Waals surface area (Å²) in [7, 11) is -0.758. The van der Waals surface area contributed by atoms with Crippen LogP contribution in [-0.2, 0) is 0 Å². The molecule has 0 radical (unpaired) electrons. The minimum Gasteiger partial charge on any atom is -0.0761 e. The van der Waals surface area contributed by atoms with Gasteiger partial charge in [-0.05, 0) is 47.1 Å². The lowest BCUT2D eigenvalue weighted by atomic mass is 10.2. The average molecular weight is 213 g/mol. The van der Waals surface area contributed by atoms with Crippen molar-refractivity contribution in [1.82, 2.24) is 0 Å². The van der Waals surface area contributed by atoms with Crippen molar-refractivity contribution < 1.29 is 0 Å². The third-order valence-electron chi connectivity index (χ3n) is 2.88. The molecule has 0 unspecified atom stereocenters. The number of rotatable bonds is 5. The number of allylic oxidation sites excluding steroid dienone is 3. The maximum atomic E-state index is 2.57. The smallest absolute Gasteiger partial charge is 0.0616 e. The van der Waals surface area contributed by atoms with Gasteiger partial charge < -0.3 is 0 Å². The van der Waals surface area contributed by atoms with Crippen LogP contribution in [0.25, 0.3) is 0 Å². The zero-order valence-corrected chi connectivity index (χ0v) is 11.6. The Morgan fingerprint density at radius 3 is 1.64 bits per heavy atom. The first-order chi connectivity index (χ1) is 6.49. The summed E-state index contributed by atoms with van der Waals surface area (Å²) < 4.78 is 0. The molecule has 0 aromatic heterocycles. The summed E-state index contributed by atoms with van der Waals surface area (Å²) in [6.45, 7) is 13.6. The van der Waals surface area contributed by atoms with Crippen LogP contribution in [0.2, 0.25) is 0 Å². The van der Waals surface area contributed by atoms with E-state index in [0.717, 1.165) is 0 Å². The van der Waals surface area contributed by atoms with Gasteiger partial charge in [0.25, 0.3) is 0 Å². The second-order valence-electron chi connectivity index (χ2n) is 4.26. The second-order valence-corrected chi connectivity index (χ2v) is 8.85. The fourth-order valence-electron chi connectivity index (χ4n) is 1.87. The fourth-order valence-corrected chi connectivity index (χ4v) is 4.70. The Kier molecular flexibility index (Phi) is 6.36. The number of hydrogen-bond acceptors (Lipinski definition) is 0. The molecule has 0 nitrogen and oxygen atoms in total. The summed E-state index contributed by atoms with van der Waals surface area (Å²) in [5.74, 6) is 2.57. The quantitative estimate of drug-likeness (QED) is 0.448. The first kappa shape index (κ1) is 13.9. The summed E-state index contributed by atoms with van der Waals surface area (Å²) in [6.07, 6.45) is 6.37.